The first-order chi connectivity index (χ1) is 11.7. The molecule has 0 aliphatic heterocycles. The van der Waals surface area contributed by atoms with Gasteiger partial charge >= 0.3 is 0 Å². The minimum absolute atomic E-state index is 0.463. The molecule has 2 aromatic carbocycles. The summed E-state index contributed by atoms with van der Waals surface area (Å²) in [6.07, 6.45) is 1.67. The number of guanidine groups is 1. The van der Waals surface area contributed by atoms with Crippen LogP contribution in [0.5, 0.6) is 0 Å². The van der Waals surface area contributed by atoms with Crippen LogP contribution in [-0.2, 0) is 18.6 Å². The number of hydrogen-bond donors (Lipinski definition) is 3. The molecule has 0 radical (unpaired) electrons. The SMILES string of the molecule is CCNC(=NCc1ccccc1)NCC1(O)CCc2ccccc21. The first-order valence-electron chi connectivity index (χ1n) is 8.58. The second kappa shape index (κ2) is 7.49. The third kappa shape index (κ3) is 3.77. The Labute approximate surface area is 143 Å². The molecule has 3 N–H and O–H groups in total. The van der Waals surface area contributed by atoms with E-state index in [1.54, 1.807) is 0 Å². The zero-order chi connectivity index (χ0) is 16.8. The molecular weight excluding hydrogens is 298 g/mol. The maximum absolute atomic E-state index is 11.0. The Kier molecular flexibility index (Phi) is 5.16. The zero-order valence-electron chi connectivity index (χ0n) is 14.1. The van der Waals surface area contributed by atoms with Crippen LogP contribution in [0.3, 0.4) is 0 Å². The van der Waals surface area contributed by atoms with Crippen LogP contribution in [0.4, 0.5) is 0 Å². The van der Waals surface area contributed by atoms with Crippen LogP contribution < -0.4 is 10.6 Å². The fraction of sp³-hybridized carbons (Fsp3) is 0.350. The molecule has 0 saturated heterocycles. The monoisotopic (exact) mass is 323 g/mol. The van der Waals surface area contributed by atoms with Crippen molar-refractivity contribution in [3.8, 4) is 0 Å². The summed E-state index contributed by atoms with van der Waals surface area (Å²) in [6.45, 7) is 3.91. The van der Waals surface area contributed by atoms with Gasteiger partial charge in [0.15, 0.2) is 5.96 Å². The molecule has 1 aliphatic rings. The van der Waals surface area contributed by atoms with E-state index in [4.69, 9.17) is 0 Å². The van der Waals surface area contributed by atoms with Crippen molar-refractivity contribution in [3.63, 3.8) is 0 Å². The molecule has 24 heavy (non-hydrogen) atoms. The standard InChI is InChI=1S/C20H25N3O/c1-2-21-19(22-14-16-8-4-3-5-9-16)23-15-20(24)13-12-17-10-6-7-11-18(17)20/h3-11,24H,2,12-15H2,1H3,(H2,21,22,23). The second-order valence-electron chi connectivity index (χ2n) is 6.22. The van der Waals surface area contributed by atoms with Gasteiger partial charge in [-0.2, -0.15) is 0 Å². The van der Waals surface area contributed by atoms with Gasteiger partial charge in [-0.15, -0.1) is 0 Å². The van der Waals surface area contributed by atoms with Crippen LogP contribution in [0.1, 0.15) is 30.0 Å². The number of rotatable bonds is 5. The fourth-order valence-electron chi connectivity index (χ4n) is 3.18. The Hall–Kier alpha value is -2.33. The molecule has 3 rings (SSSR count). The quantitative estimate of drug-likeness (QED) is 0.585. The van der Waals surface area contributed by atoms with E-state index < -0.39 is 5.60 Å². The highest BCUT2D eigenvalue weighted by Gasteiger charge is 2.36. The number of fused-ring (bicyclic) bond motifs is 1. The molecule has 0 amide bonds. The number of aliphatic imine (C=N–C) groups is 1. The van der Waals surface area contributed by atoms with Gasteiger partial charge < -0.3 is 15.7 Å². The van der Waals surface area contributed by atoms with E-state index in [1.165, 1.54) is 11.1 Å². The Balaban J connectivity index is 1.66. The average Bonchev–Trinajstić information content (AvgIpc) is 2.96. The largest absolute Gasteiger partial charge is 0.383 e. The molecular formula is C20H25N3O. The predicted octanol–water partition coefficient (Wildman–Crippen LogP) is 2.58. The predicted molar refractivity (Wildman–Crippen MR) is 97.9 cm³/mol. The number of nitrogens with zero attached hydrogens (tertiary/aromatic N) is 1. The van der Waals surface area contributed by atoms with Crippen molar-refractivity contribution in [1.82, 2.24) is 10.6 Å². The van der Waals surface area contributed by atoms with Gasteiger partial charge in [0.05, 0.1) is 13.1 Å². The third-order valence-corrected chi connectivity index (χ3v) is 4.48. The first kappa shape index (κ1) is 16.5. The fourth-order valence-corrected chi connectivity index (χ4v) is 3.18. The van der Waals surface area contributed by atoms with Crippen LogP contribution in [0.25, 0.3) is 0 Å². The maximum Gasteiger partial charge on any atom is 0.191 e. The van der Waals surface area contributed by atoms with Gasteiger partial charge in [-0.05, 0) is 36.5 Å². The lowest BCUT2D eigenvalue weighted by Gasteiger charge is -2.25. The first-order valence-corrected chi connectivity index (χ1v) is 8.58. The van der Waals surface area contributed by atoms with Crippen molar-refractivity contribution in [2.75, 3.05) is 13.1 Å². The summed E-state index contributed by atoms with van der Waals surface area (Å²) < 4.78 is 0. The Morgan fingerprint density at radius 3 is 2.62 bits per heavy atom. The van der Waals surface area contributed by atoms with Crippen molar-refractivity contribution in [1.29, 1.82) is 0 Å². The van der Waals surface area contributed by atoms with E-state index >= 15 is 0 Å². The molecule has 4 heteroatoms. The van der Waals surface area contributed by atoms with Crippen LogP contribution >= 0.6 is 0 Å². The van der Waals surface area contributed by atoms with Crippen LogP contribution in [0, 0.1) is 0 Å². The van der Waals surface area contributed by atoms with Crippen LogP contribution in [0.2, 0.25) is 0 Å². The Bertz CT molecular complexity index is 699. The van der Waals surface area contributed by atoms with Gasteiger partial charge in [0.1, 0.15) is 5.60 Å². The average molecular weight is 323 g/mol. The number of hydrogen-bond acceptors (Lipinski definition) is 2. The lowest BCUT2D eigenvalue weighted by Crippen LogP contribution is -2.45. The van der Waals surface area contributed by atoms with Gasteiger partial charge in [-0.1, -0.05) is 54.6 Å². The molecule has 0 fully saturated rings. The van der Waals surface area contributed by atoms with Gasteiger partial charge in [0.2, 0.25) is 0 Å². The van der Waals surface area contributed by atoms with Crippen LogP contribution in [0.15, 0.2) is 59.6 Å². The Morgan fingerprint density at radius 2 is 1.83 bits per heavy atom. The number of aliphatic hydroxyl groups is 1. The minimum Gasteiger partial charge on any atom is -0.383 e. The van der Waals surface area contributed by atoms with E-state index in [0.717, 1.165) is 30.9 Å². The summed E-state index contributed by atoms with van der Waals surface area (Å²) in [7, 11) is 0. The van der Waals surface area contributed by atoms with E-state index in [9.17, 15) is 5.11 Å². The lowest BCUT2D eigenvalue weighted by atomic mass is 9.96. The molecule has 0 saturated carbocycles. The van der Waals surface area contributed by atoms with Gasteiger partial charge in [-0.3, -0.25) is 0 Å². The topological polar surface area (TPSA) is 56.7 Å². The van der Waals surface area contributed by atoms with Crippen molar-refractivity contribution in [2.45, 2.75) is 31.9 Å². The van der Waals surface area contributed by atoms with Crippen molar-refractivity contribution in [2.24, 2.45) is 4.99 Å². The zero-order valence-corrected chi connectivity index (χ0v) is 14.1. The minimum atomic E-state index is -0.820. The number of nitrogens with one attached hydrogen (secondary N) is 2. The molecule has 1 unspecified atom stereocenters. The molecule has 0 aromatic heterocycles. The number of benzene rings is 2. The van der Waals surface area contributed by atoms with Gasteiger partial charge in [0.25, 0.3) is 0 Å². The third-order valence-electron chi connectivity index (χ3n) is 4.48. The lowest BCUT2D eigenvalue weighted by molar-refractivity contribution is 0.0432. The summed E-state index contributed by atoms with van der Waals surface area (Å²) >= 11 is 0. The Morgan fingerprint density at radius 1 is 1.08 bits per heavy atom. The summed E-state index contributed by atoms with van der Waals surface area (Å²) in [5, 5.41) is 17.5. The molecule has 1 aliphatic carbocycles. The van der Waals surface area contributed by atoms with E-state index in [2.05, 4.69) is 33.8 Å². The van der Waals surface area contributed by atoms with E-state index in [0.29, 0.717) is 13.1 Å². The molecule has 4 nitrogen and oxygen atoms in total. The smallest absolute Gasteiger partial charge is 0.191 e. The second-order valence-corrected chi connectivity index (χ2v) is 6.22. The maximum atomic E-state index is 11.0. The van der Waals surface area contributed by atoms with Crippen molar-refractivity contribution >= 4 is 5.96 Å². The summed E-state index contributed by atoms with van der Waals surface area (Å²) in [6, 6.07) is 18.3. The molecule has 2 aromatic rings. The van der Waals surface area contributed by atoms with E-state index in [-0.39, 0.29) is 0 Å². The molecule has 126 valence electrons. The van der Waals surface area contributed by atoms with Crippen molar-refractivity contribution in [3.05, 3.63) is 71.3 Å². The van der Waals surface area contributed by atoms with Crippen molar-refractivity contribution < 1.29 is 5.11 Å². The normalized spacial score (nSPS) is 19.8. The highest BCUT2D eigenvalue weighted by molar-refractivity contribution is 5.79. The summed E-state index contributed by atoms with van der Waals surface area (Å²) in [5.41, 5.74) is 2.63. The molecule has 0 heterocycles. The highest BCUT2D eigenvalue weighted by Crippen LogP contribution is 2.36. The molecule has 1 atom stereocenters. The molecule has 0 spiro atoms. The summed E-state index contributed by atoms with van der Waals surface area (Å²) in [5.74, 6) is 0.735. The van der Waals surface area contributed by atoms with E-state index in [1.807, 2.05) is 43.3 Å². The van der Waals surface area contributed by atoms with Gasteiger partial charge in [-0.25, -0.2) is 4.99 Å². The number of aryl methyl sites for hydroxylation is 1. The summed E-state index contributed by atoms with van der Waals surface area (Å²) in [4.78, 5) is 4.62. The van der Waals surface area contributed by atoms with Crippen LogP contribution in [-0.4, -0.2) is 24.2 Å². The van der Waals surface area contributed by atoms with Gasteiger partial charge in [0, 0.05) is 6.54 Å². The highest BCUT2D eigenvalue weighted by atomic mass is 16.3. The molecule has 0 bridgehead atoms.